The van der Waals surface area contributed by atoms with Gasteiger partial charge in [-0.3, -0.25) is 9.59 Å². The van der Waals surface area contributed by atoms with Crippen molar-refractivity contribution in [1.82, 2.24) is 4.98 Å². The Labute approximate surface area is 249 Å². The quantitative estimate of drug-likeness (QED) is 0.336. The molecule has 0 unspecified atom stereocenters. The molecule has 1 saturated carbocycles. The molecule has 3 aromatic rings. The number of benzene rings is 2. The lowest BCUT2D eigenvalue weighted by Crippen LogP contribution is -2.40. The molecule has 3 N–H and O–H groups in total. The molecule has 1 aliphatic carbocycles. The van der Waals surface area contributed by atoms with Crippen LogP contribution >= 0.6 is 0 Å². The molecule has 3 heterocycles. The van der Waals surface area contributed by atoms with Crippen LogP contribution in [-0.4, -0.2) is 60.8 Å². The number of anilines is 1. The molecule has 1 saturated heterocycles. The van der Waals surface area contributed by atoms with Crippen molar-refractivity contribution in [2.24, 2.45) is 5.73 Å². The van der Waals surface area contributed by atoms with Gasteiger partial charge >= 0.3 is 0 Å². The molecule has 9 nitrogen and oxygen atoms in total. The van der Waals surface area contributed by atoms with Gasteiger partial charge in [-0.2, -0.15) is 0 Å². The molecule has 0 radical (unpaired) electrons. The van der Waals surface area contributed by atoms with E-state index in [1.54, 1.807) is 44.2 Å². The Morgan fingerprint density at radius 3 is 2.56 bits per heavy atom. The molecule has 2 atom stereocenters. The van der Waals surface area contributed by atoms with Gasteiger partial charge in [0.15, 0.2) is 5.78 Å². The summed E-state index contributed by atoms with van der Waals surface area (Å²) in [5.41, 5.74) is 6.22. The minimum absolute atomic E-state index is 0.0172. The third kappa shape index (κ3) is 5.81. The van der Waals surface area contributed by atoms with E-state index in [1.165, 1.54) is 12.1 Å². The van der Waals surface area contributed by atoms with Crippen LogP contribution in [-0.2, 0) is 20.5 Å². The first kappa shape index (κ1) is 29.1. The highest BCUT2D eigenvalue weighted by atomic mass is 19.1. The largest absolute Gasteiger partial charge is 0.489 e. The third-order valence-corrected chi connectivity index (χ3v) is 8.58. The number of morpholine rings is 1. The number of carbonyl (C=O) groups excluding carboxylic acids is 2. The monoisotopic (exact) mass is 589 g/mol. The number of ketones is 1. The summed E-state index contributed by atoms with van der Waals surface area (Å²) in [5, 5.41) is 11.7. The van der Waals surface area contributed by atoms with Crippen LogP contribution in [0.15, 0.2) is 48.5 Å². The minimum Gasteiger partial charge on any atom is -0.489 e. The molecule has 2 aliphatic heterocycles. The highest BCUT2D eigenvalue weighted by Crippen LogP contribution is 2.46. The number of aliphatic hydroxyl groups is 1. The molecule has 2 aromatic carbocycles. The number of ether oxygens (including phenoxy) is 3. The Balaban J connectivity index is 1.27. The second-order valence-electron chi connectivity index (χ2n) is 12.0. The van der Waals surface area contributed by atoms with Gasteiger partial charge in [0, 0.05) is 36.2 Å². The number of aromatic nitrogens is 1. The maximum absolute atomic E-state index is 13.7. The normalized spacial score (nSPS) is 21.1. The lowest BCUT2D eigenvalue weighted by atomic mass is 9.81. The van der Waals surface area contributed by atoms with Crippen LogP contribution in [0, 0.1) is 5.82 Å². The zero-order valence-corrected chi connectivity index (χ0v) is 24.4. The van der Waals surface area contributed by atoms with Gasteiger partial charge in [0.1, 0.15) is 40.6 Å². The molecule has 3 aliphatic rings. The Morgan fingerprint density at radius 2 is 1.88 bits per heavy atom. The average Bonchev–Trinajstić information content (AvgIpc) is 3.76. The molecule has 0 bridgehead atoms. The lowest BCUT2D eigenvalue weighted by molar-refractivity contribution is -0.123. The maximum atomic E-state index is 13.7. The standard InChI is InChI=1S/C33H36FN3O6/c1-32(31(35)39)19-42-30-24(32)18-28(36-29(30)20-3-6-22(34)7-4-20)33(2,40)12-11-26(38)21-5-10-25(37-13-15-41-16-14-37)27(17-21)43-23-8-9-23/h3-7,10,17-18,23,40H,8-9,11-16,19H2,1-2H3,(H2,35,39)/t32-,33-/m0/s1. The van der Waals surface area contributed by atoms with Gasteiger partial charge in [-0.1, -0.05) is 0 Å². The van der Waals surface area contributed by atoms with Gasteiger partial charge in [-0.15, -0.1) is 0 Å². The van der Waals surface area contributed by atoms with Crippen molar-refractivity contribution in [2.45, 2.75) is 56.7 Å². The topological polar surface area (TPSA) is 124 Å². The maximum Gasteiger partial charge on any atom is 0.231 e. The first-order chi connectivity index (χ1) is 20.5. The summed E-state index contributed by atoms with van der Waals surface area (Å²) in [6, 6.07) is 12.9. The molecule has 2 fully saturated rings. The second-order valence-corrected chi connectivity index (χ2v) is 12.0. The molecule has 1 aromatic heterocycles. The Bertz CT molecular complexity index is 1550. The van der Waals surface area contributed by atoms with E-state index in [-0.39, 0.29) is 37.0 Å². The summed E-state index contributed by atoms with van der Waals surface area (Å²) >= 11 is 0. The number of carbonyl (C=O) groups is 2. The molecule has 226 valence electrons. The van der Waals surface area contributed by atoms with Crippen LogP contribution in [0.25, 0.3) is 11.3 Å². The number of nitrogens with two attached hydrogens (primary N) is 1. The zero-order chi connectivity index (χ0) is 30.4. The summed E-state index contributed by atoms with van der Waals surface area (Å²) in [6.45, 7) is 6.08. The van der Waals surface area contributed by atoms with E-state index >= 15 is 0 Å². The lowest BCUT2D eigenvalue weighted by Gasteiger charge is -2.30. The first-order valence-electron chi connectivity index (χ1n) is 14.7. The zero-order valence-electron chi connectivity index (χ0n) is 24.4. The number of Topliss-reactive ketones (excluding diaryl/α,β-unsaturated/α-hetero) is 1. The number of fused-ring (bicyclic) bond motifs is 1. The highest BCUT2D eigenvalue weighted by molar-refractivity contribution is 5.97. The van der Waals surface area contributed by atoms with Crippen LogP contribution in [0.3, 0.4) is 0 Å². The smallest absolute Gasteiger partial charge is 0.231 e. The number of nitrogens with zero attached hydrogens (tertiary/aromatic N) is 2. The van der Waals surface area contributed by atoms with Gasteiger partial charge in [0.05, 0.1) is 30.7 Å². The van der Waals surface area contributed by atoms with Crippen molar-refractivity contribution >= 4 is 17.4 Å². The summed E-state index contributed by atoms with van der Waals surface area (Å²) in [5.74, 6) is -0.0645. The molecule has 0 spiro atoms. The molecule has 1 amide bonds. The van der Waals surface area contributed by atoms with E-state index in [2.05, 4.69) is 4.90 Å². The fraction of sp³-hybridized carbons (Fsp3) is 0.424. The van der Waals surface area contributed by atoms with Crippen molar-refractivity contribution in [1.29, 1.82) is 0 Å². The SMILES string of the molecule is C[C@](O)(CCC(=O)c1ccc(N2CCOCC2)c(OC2CC2)c1)c1cc2c(c(-c3ccc(F)cc3)n1)OC[C@]2(C)C(N)=O. The summed E-state index contributed by atoms with van der Waals surface area (Å²) in [6.07, 6.45) is 2.27. The van der Waals surface area contributed by atoms with E-state index in [9.17, 15) is 19.1 Å². The fourth-order valence-corrected chi connectivity index (χ4v) is 5.51. The van der Waals surface area contributed by atoms with Crippen molar-refractivity contribution in [3.63, 3.8) is 0 Å². The number of halogens is 1. The summed E-state index contributed by atoms with van der Waals surface area (Å²) in [7, 11) is 0. The average molecular weight is 590 g/mol. The number of rotatable bonds is 10. The predicted octanol–water partition coefficient (Wildman–Crippen LogP) is 4.27. The van der Waals surface area contributed by atoms with Gasteiger partial charge in [-0.05, 0) is 81.6 Å². The Kier molecular flexibility index (Phi) is 7.60. The Morgan fingerprint density at radius 1 is 1.16 bits per heavy atom. The summed E-state index contributed by atoms with van der Waals surface area (Å²) in [4.78, 5) is 32.8. The second kappa shape index (κ2) is 11.2. The van der Waals surface area contributed by atoms with E-state index in [0.717, 1.165) is 31.6 Å². The van der Waals surface area contributed by atoms with Crippen LogP contribution in [0.1, 0.15) is 61.1 Å². The van der Waals surface area contributed by atoms with E-state index in [4.69, 9.17) is 24.9 Å². The molecule has 6 rings (SSSR count). The molecular weight excluding hydrogens is 553 g/mol. The van der Waals surface area contributed by atoms with Crippen molar-refractivity contribution in [3.8, 4) is 22.8 Å². The predicted molar refractivity (Wildman–Crippen MR) is 158 cm³/mol. The van der Waals surface area contributed by atoms with Gasteiger partial charge in [0.25, 0.3) is 0 Å². The first-order valence-corrected chi connectivity index (χ1v) is 14.7. The number of hydrogen-bond donors (Lipinski definition) is 2. The van der Waals surface area contributed by atoms with E-state index < -0.39 is 22.7 Å². The highest BCUT2D eigenvalue weighted by Gasteiger charge is 2.45. The minimum atomic E-state index is -1.54. The van der Waals surface area contributed by atoms with Crippen LogP contribution < -0.4 is 20.1 Å². The van der Waals surface area contributed by atoms with Gasteiger partial charge < -0.3 is 30.0 Å². The molecule has 43 heavy (non-hydrogen) atoms. The molecule has 10 heteroatoms. The number of pyridine rings is 1. The van der Waals surface area contributed by atoms with Crippen molar-refractivity contribution in [2.75, 3.05) is 37.8 Å². The Hall–Kier alpha value is -4.02. The van der Waals surface area contributed by atoms with E-state index in [0.29, 0.717) is 47.1 Å². The fourth-order valence-electron chi connectivity index (χ4n) is 5.51. The van der Waals surface area contributed by atoms with Crippen LogP contribution in [0.4, 0.5) is 10.1 Å². The third-order valence-electron chi connectivity index (χ3n) is 8.58. The van der Waals surface area contributed by atoms with E-state index in [1.807, 2.05) is 6.07 Å². The number of primary amides is 1. The van der Waals surface area contributed by atoms with Crippen LogP contribution in [0.5, 0.6) is 11.5 Å². The van der Waals surface area contributed by atoms with Crippen molar-refractivity contribution in [3.05, 3.63) is 71.2 Å². The number of amides is 1. The van der Waals surface area contributed by atoms with Crippen LogP contribution in [0.2, 0.25) is 0 Å². The van der Waals surface area contributed by atoms with Gasteiger partial charge in [-0.25, -0.2) is 9.37 Å². The molecular formula is C33H36FN3O6. The number of hydrogen-bond acceptors (Lipinski definition) is 8. The van der Waals surface area contributed by atoms with Gasteiger partial charge in [0.2, 0.25) is 5.91 Å². The van der Waals surface area contributed by atoms with Crippen molar-refractivity contribution < 1.29 is 33.3 Å². The summed E-state index contributed by atoms with van der Waals surface area (Å²) < 4.78 is 31.3.